The maximum atomic E-state index is 8.62. The van der Waals surface area contributed by atoms with E-state index in [0.29, 0.717) is 5.47 Å². The largest absolute Gasteiger partial charge is 0.485 e. The lowest BCUT2D eigenvalue weighted by atomic mass is 9.76. The number of rotatable bonds is 1. The van der Waals surface area contributed by atoms with Crippen LogP contribution in [0.2, 0.25) is 0 Å². The highest BCUT2D eigenvalue weighted by molar-refractivity contribution is 6.50. The van der Waals surface area contributed by atoms with Crippen molar-refractivity contribution in [3.05, 3.63) is 11.7 Å². The van der Waals surface area contributed by atoms with Gasteiger partial charge >= 0.3 is 7.12 Å². The molecular formula is C5H10BNO2. The predicted molar refractivity (Wildman–Crippen MR) is 35.5 cm³/mol. The Morgan fingerprint density at radius 3 is 2.67 bits per heavy atom. The van der Waals surface area contributed by atoms with Gasteiger partial charge in [-0.3, -0.25) is 0 Å². The Morgan fingerprint density at radius 2 is 2.33 bits per heavy atom. The molecule has 0 radical (unpaired) electrons. The zero-order chi connectivity index (χ0) is 6.69. The van der Waals surface area contributed by atoms with Crippen LogP contribution >= 0.6 is 0 Å². The van der Waals surface area contributed by atoms with Crippen molar-refractivity contribution in [3.63, 3.8) is 0 Å². The second kappa shape index (κ2) is 2.89. The van der Waals surface area contributed by atoms with E-state index in [0.717, 1.165) is 19.4 Å². The molecule has 1 aliphatic heterocycles. The van der Waals surface area contributed by atoms with Gasteiger partial charge in [-0.1, -0.05) is 0 Å². The Balaban J connectivity index is 2.46. The Bertz CT molecular complexity index is 124. The molecule has 0 aliphatic carbocycles. The molecule has 0 aromatic carbocycles. The van der Waals surface area contributed by atoms with Crippen molar-refractivity contribution >= 4 is 7.12 Å². The summed E-state index contributed by atoms with van der Waals surface area (Å²) in [4.78, 5) is 0. The molecule has 0 saturated carbocycles. The minimum Gasteiger partial charge on any atom is -0.423 e. The Kier molecular flexibility index (Phi) is 2.13. The van der Waals surface area contributed by atoms with Gasteiger partial charge in [0.25, 0.3) is 0 Å². The minimum absolute atomic E-state index is 0.682. The van der Waals surface area contributed by atoms with E-state index in [1.165, 1.54) is 0 Å². The van der Waals surface area contributed by atoms with Gasteiger partial charge in [0.15, 0.2) is 0 Å². The van der Waals surface area contributed by atoms with Gasteiger partial charge < -0.3 is 15.4 Å². The summed E-state index contributed by atoms with van der Waals surface area (Å²) in [7, 11) is -1.27. The fourth-order valence-corrected chi connectivity index (χ4v) is 0.874. The summed E-state index contributed by atoms with van der Waals surface area (Å²) in [5, 5.41) is 20.2. The van der Waals surface area contributed by atoms with Gasteiger partial charge in [0.2, 0.25) is 0 Å². The van der Waals surface area contributed by atoms with Crippen LogP contribution in [0.25, 0.3) is 0 Å². The van der Waals surface area contributed by atoms with E-state index in [1.54, 1.807) is 6.20 Å². The molecule has 0 amide bonds. The van der Waals surface area contributed by atoms with Crippen molar-refractivity contribution in [2.45, 2.75) is 12.8 Å². The van der Waals surface area contributed by atoms with Crippen molar-refractivity contribution in [2.24, 2.45) is 0 Å². The van der Waals surface area contributed by atoms with Crippen LogP contribution in [-0.4, -0.2) is 23.7 Å². The standard InChI is InChI=1S/C5H10BNO2/c8-6(9)5-2-1-3-7-4-5/h4,7-9H,1-3H2. The van der Waals surface area contributed by atoms with Crippen LogP contribution in [0.15, 0.2) is 11.7 Å². The fraction of sp³-hybridized carbons (Fsp3) is 0.600. The normalized spacial score (nSPS) is 18.2. The van der Waals surface area contributed by atoms with Gasteiger partial charge in [0, 0.05) is 6.54 Å². The van der Waals surface area contributed by atoms with Crippen LogP contribution in [0.5, 0.6) is 0 Å². The van der Waals surface area contributed by atoms with E-state index in [-0.39, 0.29) is 0 Å². The molecular weight excluding hydrogens is 117 g/mol. The molecule has 0 aromatic heterocycles. The summed E-state index contributed by atoms with van der Waals surface area (Å²) in [5.41, 5.74) is 0.682. The van der Waals surface area contributed by atoms with E-state index < -0.39 is 7.12 Å². The van der Waals surface area contributed by atoms with Gasteiger partial charge in [-0.05, 0) is 24.5 Å². The molecule has 4 heteroatoms. The van der Waals surface area contributed by atoms with E-state index >= 15 is 0 Å². The van der Waals surface area contributed by atoms with Crippen LogP contribution < -0.4 is 5.32 Å². The molecule has 3 nitrogen and oxygen atoms in total. The number of allylic oxidation sites excluding steroid dienone is 1. The first-order chi connectivity index (χ1) is 4.30. The topological polar surface area (TPSA) is 52.5 Å². The summed E-state index contributed by atoms with van der Waals surface area (Å²) in [6.45, 7) is 0.941. The first kappa shape index (κ1) is 6.64. The Morgan fingerprint density at radius 1 is 1.56 bits per heavy atom. The van der Waals surface area contributed by atoms with E-state index in [2.05, 4.69) is 5.32 Å². The molecule has 1 heterocycles. The van der Waals surface area contributed by atoms with Gasteiger partial charge in [0.1, 0.15) is 0 Å². The summed E-state index contributed by atoms with van der Waals surface area (Å²) in [5.74, 6) is 0. The highest BCUT2D eigenvalue weighted by Gasteiger charge is 2.15. The lowest BCUT2D eigenvalue weighted by Gasteiger charge is -2.12. The second-order valence-corrected chi connectivity index (χ2v) is 2.15. The number of hydrogen-bond donors (Lipinski definition) is 3. The van der Waals surface area contributed by atoms with E-state index in [1.807, 2.05) is 0 Å². The zero-order valence-electron chi connectivity index (χ0n) is 5.17. The molecule has 0 aromatic rings. The van der Waals surface area contributed by atoms with Gasteiger partial charge in [-0.25, -0.2) is 0 Å². The Labute approximate surface area is 54.5 Å². The van der Waals surface area contributed by atoms with E-state index in [9.17, 15) is 0 Å². The summed E-state index contributed by atoms with van der Waals surface area (Å²) >= 11 is 0. The monoisotopic (exact) mass is 127 g/mol. The molecule has 1 rings (SSSR count). The molecule has 3 N–H and O–H groups in total. The van der Waals surface area contributed by atoms with Gasteiger partial charge in [-0.15, -0.1) is 0 Å². The van der Waals surface area contributed by atoms with Crippen molar-refractivity contribution in [3.8, 4) is 0 Å². The first-order valence-corrected chi connectivity index (χ1v) is 3.09. The molecule has 0 bridgehead atoms. The lowest BCUT2D eigenvalue weighted by Crippen LogP contribution is -2.23. The number of hydrogen-bond acceptors (Lipinski definition) is 3. The quantitative estimate of drug-likeness (QED) is 0.407. The molecule has 0 fully saturated rings. The molecule has 9 heavy (non-hydrogen) atoms. The highest BCUT2D eigenvalue weighted by Crippen LogP contribution is 2.07. The smallest absolute Gasteiger partial charge is 0.423 e. The summed E-state index contributed by atoms with van der Waals surface area (Å²) < 4.78 is 0. The van der Waals surface area contributed by atoms with E-state index in [4.69, 9.17) is 10.0 Å². The van der Waals surface area contributed by atoms with Crippen LogP contribution in [0.4, 0.5) is 0 Å². The van der Waals surface area contributed by atoms with Gasteiger partial charge in [-0.2, -0.15) is 0 Å². The maximum Gasteiger partial charge on any atom is 0.485 e. The zero-order valence-corrected chi connectivity index (χ0v) is 5.17. The average Bonchev–Trinajstić information content (AvgIpc) is 1.90. The molecule has 0 spiro atoms. The van der Waals surface area contributed by atoms with Crippen LogP contribution in [0, 0.1) is 0 Å². The second-order valence-electron chi connectivity index (χ2n) is 2.15. The van der Waals surface area contributed by atoms with Crippen LogP contribution in [-0.2, 0) is 0 Å². The Hall–Kier alpha value is -0.475. The highest BCUT2D eigenvalue weighted by atomic mass is 16.4. The molecule has 0 unspecified atom stereocenters. The van der Waals surface area contributed by atoms with Crippen LogP contribution in [0.1, 0.15) is 12.8 Å². The summed E-state index contributed by atoms with van der Waals surface area (Å²) in [6, 6.07) is 0. The predicted octanol–water partition coefficient (Wildman–Crippen LogP) is -0.734. The maximum absolute atomic E-state index is 8.62. The molecule has 0 atom stereocenters. The summed E-state index contributed by atoms with van der Waals surface area (Å²) in [6.07, 6.45) is 3.46. The van der Waals surface area contributed by atoms with Crippen molar-refractivity contribution in [2.75, 3.05) is 6.54 Å². The van der Waals surface area contributed by atoms with Gasteiger partial charge in [0.05, 0.1) is 0 Å². The van der Waals surface area contributed by atoms with Crippen molar-refractivity contribution in [1.29, 1.82) is 0 Å². The van der Waals surface area contributed by atoms with Crippen molar-refractivity contribution < 1.29 is 10.0 Å². The molecule has 50 valence electrons. The molecule has 0 saturated heterocycles. The first-order valence-electron chi connectivity index (χ1n) is 3.09. The third-order valence-corrected chi connectivity index (χ3v) is 1.41. The molecule has 1 aliphatic rings. The average molecular weight is 127 g/mol. The van der Waals surface area contributed by atoms with Crippen LogP contribution in [0.3, 0.4) is 0 Å². The minimum atomic E-state index is -1.27. The lowest BCUT2D eigenvalue weighted by molar-refractivity contribution is 0.413. The fourth-order valence-electron chi connectivity index (χ4n) is 0.874. The van der Waals surface area contributed by atoms with Crippen molar-refractivity contribution in [1.82, 2.24) is 5.32 Å². The third kappa shape index (κ3) is 1.73. The third-order valence-electron chi connectivity index (χ3n) is 1.41. The SMILES string of the molecule is OB(O)C1=CNCCC1. The number of nitrogens with one attached hydrogen (secondary N) is 1.